The fourth-order valence-corrected chi connectivity index (χ4v) is 8.08. The van der Waals surface area contributed by atoms with Crippen LogP contribution in [0.15, 0.2) is 194 Å². The Morgan fingerprint density at radius 1 is 0.411 bits per heavy atom. The molecule has 0 aliphatic rings. The number of benzene rings is 8. The molecule has 0 N–H and O–H groups in total. The summed E-state index contributed by atoms with van der Waals surface area (Å²) >= 11 is 0.916. The van der Waals surface area contributed by atoms with Crippen LogP contribution in [0.5, 0.6) is 0 Å². The van der Waals surface area contributed by atoms with Crippen molar-refractivity contribution in [3.05, 3.63) is 194 Å². The molecule has 0 saturated carbocycles. The molecule has 5 heteroatoms. The lowest BCUT2D eigenvalue weighted by atomic mass is 9.96. The van der Waals surface area contributed by atoms with Crippen molar-refractivity contribution >= 4 is 53.3 Å². The molecule has 0 saturated heterocycles. The van der Waals surface area contributed by atoms with Gasteiger partial charge < -0.3 is 4.57 Å². The molecular weight excluding hydrogens is 701 g/mol. The first-order valence-corrected chi connectivity index (χ1v) is 18.4. The van der Waals surface area contributed by atoms with E-state index in [1.165, 1.54) is 10.6 Å². The smallest absolute Gasteiger partial charge is 0.166 e. The van der Waals surface area contributed by atoms with E-state index in [4.69, 9.17) is 31.4 Å². The third kappa shape index (κ3) is 5.40. The van der Waals surface area contributed by atoms with Crippen LogP contribution in [0.3, 0.4) is 0 Å². The predicted molar refractivity (Wildman–Crippen MR) is 234 cm³/mol. The highest BCUT2D eigenvalue weighted by Crippen LogP contribution is 2.43. The van der Waals surface area contributed by atoms with Gasteiger partial charge in [0.15, 0.2) is 17.5 Å². The summed E-state index contributed by atoms with van der Waals surface area (Å²) in [6, 6.07) is 23.4. The Morgan fingerprint density at radius 2 is 1.00 bits per heavy atom. The molecule has 11 aromatic rings. The Morgan fingerprint density at radius 3 is 1.75 bits per heavy atom. The second-order valence-electron chi connectivity index (χ2n) is 12.9. The normalized spacial score (nSPS) is 15.3. The van der Waals surface area contributed by atoms with Crippen molar-refractivity contribution in [1.29, 1.82) is 0 Å². The van der Waals surface area contributed by atoms with E-state index < -0.39 is 78.6 Å². The van der Waals surface area contributed by atoms with Gasteiger partial charge in [0.1, 0.15) is 0 Å². The molecule has 0 fully saturated rings. The van der Waals surface area contributed by atoms with Crippen LogP contribution in [0, 0.1) is 0 Å². The van der Waals surface area contributed by atoms with E-state index in [0.717, 1.165) is 22.5 Å². The topological polar surface area (TPSA) is 43.6 Å². The number of aromatic nitrogens is 4. The first kappa shape index (κ1) is 20.5. The van der Waals surface area contributed by atoms with Gasteiger partial charge >= 0.3 is 0 Å². The lowest BCUT2D eigenvalue weighted by Crippen LogP contribution is -2.04. The Kier molecular flexibility index (Phi) is 4.85. The summed E-state index contributed by atoms with van der Waals surface area (Å²) in [4.78, 5) is 15.1. The summed E-state index contributed by atoms with van der Waals surface area (Å²) in [7, 11) is 0. The highest BCUT2D eigenvalue weighted by atomic mass is 32.1. The summed E-state index contributed by atoms with van der Waals surface area (Å²) in [6.45, 7) is 0. The number of para-hydroxylation sites is 2. The van der Waals surface area contributed by atoms with Crippen LogP contribution in [0.4, 0.5) is 0 Å². The van der Waals surface area contributed by atoms with Gasteiger partial charge in [-0.15, -0.1) is 11.3 Å². The number of rotatable bonds is 6. The maximum absolute atomic E-state index is 9.44. The second-order valence-corrected chi connectivity index (χ2v) is 13.9. The Bertz CT molecular complexity index is 4050. The maximum Gasteiger partial charge on any atom is 0.166 e. The maximum atomic E-state index is 9.44. The van der Waals surface area contributed by atoms with Crippen LogP contribution in [-0.2, 0) is 0 Å². The summed E-state index contributed by atoms with van der Waals surface area (Å²) in [5.41, 5.74) is 3.07. The van der Waals surface area contributed by atoms with Crippen molar-refractivity contribution in [3.8, 4) is 62.1 Å². The van der Waals surface area contributed by atoms with Crippen LogP contribution >= 0.6 is 11.3 Å². The first-order chi connectivity index (χ1) is 34.0. The minimum absolute atomic E-state index is 0.0180. The largest absolute Gasteiger partial charge is 0.309 e. The molecule has 3 heterocycles. The van der Waals surface area contributed by atoms with E-state index in [1.807, 2.05) is 84.9 Å². The van der Waals surface area contributed by atoms with Gasteiger partial charge in [-0.3, -0.25) is 0 Å². The molecule has 0 radical (unpaired) electrons. The van der Waals surface area contributed by atoms with Crippen molar-refractivity contribution in [1.82, 2.24) is 19.5 Å². The monoisotopic (exact) mass is 747 g/mol. The molecule has 4 nitrogen and oxygen atoms in total. The molecule has 8 aromatic carbocycles. The summed E-state index contributed by atoms with van der Waals surface area (Å²) < 4.78 is 136. The average molecular weight is 748 g/mol. The molecule has 0 atom stereocenters. The van der Waals surface area contributed by atoms with E-state index in [0.29, 0.717) is 11.1 Å². The standard InChI is InChI=1S/C51H32N4S/c1-3-15-33(16-4-1)35-19-13-20-37(31-35)50-52-49(34-17-5-2-6-18-34)53-51(54-50)42-32-36(38-24-14-28-47-48(38)41-23-9-12-27-46(41)56-47)29-30-45(42)55-43-25-10-7-21-39(43)40-22-8-11-26-44(40)55/h1-32H/i7D,8D,9D,10D,11D,12D,14D,21D,22D,23D,24D,25D,26D,27D,28D. The molecule has 0 amide bonds. The quantitative estimate of drug-likeness (QED) is 0.170. The number of nitrogens with zero attached hydrogens (tertiary/aromatic N) is 4. The molecule has 11 rings (SSSR count). The molecule has 0 spiro atoms. The van der Waals surface area contributed by atoms with Crippen molar-refractivity contribution < 1.29 is 20.6 Å². The summed E-state index contributed by atoms with van der Waals surface area (Å²) in [5.74, 6) is 0.411. The van der Waals surface area contributed by atoms with Gasteiger partial charge in [-0.1, -0.05) is 151 Å². The van der Waals surface area contributed by atoms with Gasteiger partial charge in [0, 0.05) is 47.6 Å². The van der Waals surface area contributed by atoms with E-state index >= 15 is 0 Å². The second kappa shape index (κ2) is 13.3. The lowest BCUT2D eigenvalue weighted by Gasteiger charge is -2.17. The lowest BCUT2D eigenvalue weighted by molar-refractivity contribution is 1.06. The minimum Gasteiger partial charge on any atom is -0.309 e. The zero-order valence-electron chi connectivity index (χ0n) is 44.0. The van der Waals surface area contributed by atoms with Crippen molar-refractivity contribution in [2.24, 2.45) is 0 Å². The van der Waals surface area contributed by atoms with Crippen LogP contribution < -0.4 is 0 Å². The average Bonchev–Trinajstić information content (AvgIpc) is 3.97. The molecule has 56 heavy (non-hydrogen) atoms. The zero-order valence-corrected chi connectivity index (χ0v) is 29.8. The number of thiophene rings is 1. The van der Waals surface area contributed by atoms with Gasteiger partial charge in [0.05, 0.1) is 37.3 Å². The number of fused-ring (bicyclic) bond motifs is 6. The number of hydrogen-bond donors (Lipinski definition) is 0. The van der Waals surface area contributed by atoms with Crippen molar-refractivity contribution in [2.45, 2.75) is 0 Å². The van der Waals surface area contributed by atoms with E-state index in [9.17, 15) is 4.11 Å². The van der Waals surface area contributed by atoms with Crippen LogP contribution in [0.2, 0.25) is 0 Å². The summed E-state index contributed by atoms with van der Waals surface area (Å²) in [5, 5.41) is -0.127. The fraction of sp³-hybridized carbons (Fsp3) is 0. The predicted octanol–water partition coefficient (Wildman–Crippen LogP) is 13.7. The van der Waals surface area contributed by atoms with Gasteiger partial charge in [-0.25, -0.2) is 15.0 Å². The fourth-order valence-electron chi connectivity index (χ4n) is 7.11. The molecular formula is C51H32N4S. The van der Waals surface area contributed by atoms with E-state index in [2.05, 4.69) is 0 Å². The highest BCUT2D eigenvalue weighted by Gasteiger charge is 2.21. The first-order valence-electron chi connectivity index (χ1n) is 25.1. The Balaban J connectivity index is 1.32. The van der Waals surface area contributed by atoms with Crippen LogP contribution in [-0.4, -0.2) is 19.5 Å². The van der Waals surface area contributed by atoms with E-state index in [1.54, 1.807) is 12.1 Å². The third-order valence-electron chi connectivity index (χ3n) is 9.64. The molecule has 3 aromatic heterocycles. The van der Waals surface area contributed by atoms with Gasteiger partial charge in [0.25, 0.3) is 0 Å². The number of hydrogen-bond acceptors (Lipinski definition) is 4. The van der Waals surface area contributed by atoms with Crippen LogP contribution in [0.25, 0.3) is 104 Å². The van der Waals surface area contributed by atoms with Crippen LogP contribution in [0.1, 0.15) is 20.6 Å². The van der Waals surface area contributed by atoms with Gasteiger partial charge in [-0.05, 0) is 64.6 Å². The third-order valence-corrected chi connectivity index (χ3v) is 10.7. The molecule has 0 unspecified atom stereocenters. The minimum atomic E-state index is -0.624. The molecule has 0 aliphatic carbocycles. The molecule has 0 bridgehead atoms. The van der Waals surface area contributed by atoms with Gasteiger partial charge in [-0.2, -0.15) is 0 Å². The van der Waals surface area contributed by atoms with Crippen molar-refractivity contribution in [3.63, 3.8) is 0 Å². The molecule has 262 valence electrons. The van der Waals surface area contributed by atoms with Crippen molar-refractivity contribution in [2.75, 3.05) is 0 Å². The Labute approximate surface area is 348 Å². The highest BCUT2D eigenvalue weighted by molar-refractivity contribution is 7.25. The molecule has 0 aliphatic heterocycles. The summed E-state index contributed by atoms with van der Waals surface area (Å²) in [6.07, 6.45) is 0. The Hall–Kier alpha value is -7.21. The van der Waals surface area contributed by atoms with E-state index in [-0.39, 0.29) is 93.9 Å². The van der Waals surface area contributed by atoms with Gasteiger partial charge in [0.2, 0.25) is 0 Å². The zero-order chi connectivity index (χ0) is 50.1. The SMILES string of the molecule is [2H]c1c([2H])c([2H])c2c(sc3c([2H])c([2H])c([2H])c(-c4ccc(-n5c6c([2H])c([2H])c([2H])c([2H])c6c6c([2H])c([2H])c([2H])c([2H])c65)c(-c5nc(-c6ccccc6)nc(-c6cccc(-c7ccccc7)c6)n5)c4)c32)c1[2H].